The summed E-state index contributed by atoms with van der Waals surface area (Å²) < 4.78 is 62.3. The molecule has 0 spiro atoms. The van der Waals surface area contributed by atoms with E-state index in [1.165, 1.54) is 4.72 Å². The van der Waals surface area contributed by atoms with E-state index in [1.807, 2.05) is 4.90 Å². The van der Waals surface area contributed by atoms with Gasteiger partial charge in [0.2, 0.25) is 0 Å². The average molecular weight is 317 g/mol. The van der Waals surface area contributed by atoms with Crippen LogP contribution in [0.2, 0.25) is 0 Å². The van der Waals surface area contributed by atoms with E-state index in [-0.39, 0.29) is 5.84 Å². The molecule has 0 aliphatic carbocycles. The Labute approximate surface area is 115 Å². The van der Waals surface area contributed by atoms with E-state index < -0.39 is 29.0 Å². The van der Waals surface area contributed by atoms with Crippen molar-refractivity contribution in [3.63, 3.8) is 0 Å². The van der Waals surface area contributed by atoms with Crippen molar-refractivity contribution in [3.8, 4) is 0 Å². The number of nitrogens with zero attached hydrogens (tertiary/aromatic N) is 1. The quantitative estimate of drug-likeness (QED) is 0.386. The summed E-state index contributed by atoms with van der Waals surface area (Å²) in [5.41, 5.74) is 5.25. The van der Waals surface area contributed by atoms with E-state index in [2.05, 4.69) is 4.72 Å². The highest BCUT2D eigenvalue weighted by atomic mass is 32.2. The molecule has 20 heavy (non-hydrogen) atoms. The molecule has 11 heteroatoms. The fraction of sp³-hybridized carbons (Fsp3) is 0.889. The number of nitrogens with two attached hydrogens (primary N) is 1. The molecule has 0 saturated carbocycles. The molecular formula is C9H18F3N5O2S. The normalized spacial score (nSPS) is 19.1. The number of hydrogen-bond acceptors (Lipinski definition) is 4. The van der Waals surface area contributed by atoms with Crippen LogP contribution in [0.5, 0.6) is 0 Å². The van der Waals surface area contributed by atoms with Crippen molar-refractivity contribution < 1.29 is 21.6 Å². The highest BCUT2D eigenvalue weighted by molar-refractivity contribution is 7.87. The number of piperidine rings is 1. The molecule has 7 nitrogen and oxygen atoms in total. The Kier molecular flexibility index (Phi) is 5.74. The fourth-order valence-corrected chi connectivity index (χ4v) is 3.00. The molecule has 1 rings (SSSR count). The molecule has 5 N–H and O–H groups in total. The maximum Gasteiger partial charge on any atom is 0.402 e. The largest absolute Gasteiger partial charge is 0.402 e. The van der Waals surface area contributed by atoms with E-state index in [0.717, 1.165) is 0 Å². The Morgan fingerprint density at radius 1 is 1.35 bits per heavy atom. The fourth-order valence-electron chi connectivity index (χ4n) is 1.89. The summed E-state index contributed by atoms with van der Waals surface area (Å²) in [5.74, 6) is 0.0240. The van der Waals surface area contributed by atoms with Gasteiger partial charge in [-0.25, -0.2) is 0 Å². The zero-order valence-electron chi connectivity index (χ0n) is 10.7. The van der Waals surface area contributed by atoms with Crippen molar-refractivity contribution in [2.45, 2.75) is 25.1 Å². The molecule has 1 heterocycles. The molecule has 118 valence electrons. The molecule has 0 amide bonds. The molecule has 0 unspecified atom stereocenters. The average Bonchev–Trinajstić information content (AvgIpc) is 2.28. The minimum atomic E-state index is -4.58. The van der Waals surface area contributed by atoms with Gasteiger partial charge in [-0.3, -0.25) is 10.3 Å². The first kappa shape index (κ1) is 17.1. The Balaban J connectivity index is 2.37. The molecular weight excluding hydrogens is 299 g/mol. The van der Waals surface area contributed by atoms with Gasteiger partial charge in [0, 0.05) is 19.1 Å². The molecule has 1 aliphatic heterocycles. The highest BCUT2D eigenvalue weighted by Crippen LogP contribution is 2.13. The smallest absolute Gasteiger partial charge is 0.387 e. The number of alkyl halides is 3. The second-order valence-corrected chi connectivity index (χ2v) is 6.16. The molecule has 0 aromatic rings. The van der Waals surface area contributed by atoms with Crippen molar-refractivity contribution in [3.05, 3.63) is 0 Å². The summed E-state index contributed by atoms with van der Waals surface area (Å²) in [5, 5.41) is 7.15. The molecule has 0 bridgehead atoms. The van der Waals surface area contributed by atoms with E-state index >= 15 is 0 Å². The lowest BCUT2D eigenvalue weighted by molar-refractivity contribution is -0.121. The van der Waals surface area contributed by atoms with Crippen LogP contribution in [0.25, 0.3) is 0 Å². The third-order valence-corrected chi connectivity index (χ3v) is 3.93. The SMILES string of the molecule is N=C(N)CN1CCC(NS(=O)(=O)NCC(F)(F)F)CC1. The lowest BCUT2D eigenvalue weighted by Crippen LogP contribution is -2.50. The van der Waals surface area contributed by atoms with Crippen molar-refractivity contribution >= 4 is 16.0 Å². The van der Waals surface area contributed by atoms with Crippen LogP contribution in [-0.4, -0.2) is 57.6 Å². The number of halogens is 3. The molecule has 0 radical (unpaired) electrons. The van der Waals surface area contributed by atoms with Gasteiger partial charge < -0.3 is 5.73 Å². The van der Waals surface area contributed by atoms with Gasteiger partial charge in [0.1, 0.15) is 12.4 Å². The summed E-state index contributed by atoms with van der Waals surface area (Å²) in [6.45, 7) is -0.213. The topological polar surface area (TPSA) is 111 Å². The van der Waals surface area contributed by atoms with Crippen LogP contribution in [0.4, 0.5) is 13.2 Å². The van der Waals surface area contributed by atoms with Crippen LogP contribution in [-0.2, 0) is 10.2 Å². The third-order valence-electron chi connectivity index (χ3n) is 2.77. The molecule has 0 aromatic carbocycles. The van der Waals surface area contributed by atoms with Crippen molar-refractivity contribution in [1.29, 1.82) is 5.41 Å². The van der Waals surface area contributed by atoms with Crippen LogP contribution >= 0.6 is 0 Å². The zero-order chi connectivity index (χ0) is 15.4. The molecule has 1 aliphatic rings. The van der Waals surface area contributed by atoms with Gasteiger partial charge in [-0.05, 0) is 12.8 Å². The number of rotatable bonds is 6. The van der Waals surface area contributed by atoms with Gasteiger partial charge in [0.05, 0.1) is 6.54 Å². The Morgan fingerprint density at radius 3 is 2.35 bits per heavy atom. The third kappa shape index (κ3) is 7.03. The number of hydrogen-bond donors (Lipinski definition) is 4. The van der Waals surface area contributed by atoms with Gasteiger partial charge in [-0.2, -0.15) is 31.0 Å². The van der Waals surface area contributed by atoms with Crippen LogP contribution in [0.3, 0.4) is 0 Å². The minimum Gasteiger partial charge on any atom is -0.387 e. The number of likely N-dealkylation sites (tertiary alicyclic amines) is 1. The summed E-state index contributed by atoms with van der Waals surface area (Å²) in [6.07, 6.45) is -3.67. The van der Waals surface area contributed by atoms with Crippen molar-refractivity contribution in [1.82, 2.24) is 14.3 Å². The molecule has 0 atom stereocenters. The first-order valence-corrected chi connectivity index (χ1v) is 7.44. The van der Waals surface area contributed by atoms with Crippen LogP contribution in [0, 0.1) is 5.41 Å². The maximum atomic E-state index is 11.9. The second kappa shape index (κ2) is 6.70. The molecule has 1 saturated heterocycles. The van der Waals surface area contributed by atoms with Crippen molar-refractivity contribution in [2.75, 3.05) is 26.2 Å². The van der Waals surface area contributed by atoms with Gasteiger partial charge >= 0.3 is 6.18 Å². The summed E-state index contributed by atoms with van der Waals surface area (Å²) >= 11 is 0. The van der Waals surface area contributed by atoms with Crippen LogP contribution < -0.4 is 15.2 Å². The Bertz CT molecular complexity index is 431. The van der Waals surface area contributed by atoms with Crippen LogP contribution in [0.1, 0.15) is 12.8 Å². The first-order valence-electron chi connectivity index (χ1n) is 5.96. The minimum absolute atomic E-state index is 0.0240. The lowest BCUT2D eigenvalue weighted by Gasteiger charge is -2.31. The van der Waals surface area contributed by atoms with Gasteiger partial charge in [0.15, 0.2) is 0 Å². The lowest BCUT2D eigenvalue weighted by atomic mass is 10.1. The monoisotopic (exact) mass is 317 g/mol. The summed E-state index contributed by atoms with van der Waals surface area (Å²) in [7, 11) is -4.16. The van der Waals surface area contributed by atoms with E-state index in [0.29, 0.717) is 32.5 Å². The van der Waals surface area contributed by atoms with Crippen molar-refractivity contribution in [2.24, 2.45) is 5.73 Å². The van der Waals surface area contributed by atoms with Gasteiger partial charge in [-0.1, -0.05) is 0 Å². The molecule has 1 fully saturated rings. The van der Waals surface area contributed by atoms with Crippen LogP contribution in [0.15, 0.2) is 0 Å². The number of nitrogens with one attached hydrogen (secondary N) is 3. The number of amidine groups is 1. The van der Waals surface area contributed by atoms with E-state index in [4.69, 9.17) is 11.1 Å². The standard InChI is InChI=1S/C9H18F3N5O2S/c10-9(11,12)6-15-20(18,19)16-7-1-3-17(4-2-7)5-8(13)14/h7,15-16H,1-6H2,(H3,13,14). The summed E-state index contributed by atoms with van der Waals surface area (Å²) in [4.78, 5) is 1.89. The Hall–Kier alpha value is -0.910. The Morgan fingerprint density at radius 2 is 1.90 bits per heavy atom. The predicted octanol–water partition coefficient (Wildman–Crippen LogP) is -0.627. The van der Waals surface area contributed by atoms with Gasteiger partial charge in [0.25, 0.3) is 10.2 Å². The summed E-state index contributed by atoms with van der Waals surface area (Å²) in [6, 6.07) is -0.413. The highest BCUT2D eigenvalue weighted by Gasteiger charge is 2.30. The van der Waals surface area contributed by atoms with Gasteiger partial charge in [-0.15, -0.1) is 0 Å². The second-order valence-electron chi connectivity index (χ2n) is 4.63. The first-order chi connectivity index (χ1) is 9.07. The predicted molar refractivity (Wildman–Crippen MR) is 67.5 cm³/mol. The maximum absolute atomic E-state index is 11.9. The van der Waals surface area contributed by atoms with E-state index in [1.54, 1.807) is 0 Å². The zero-order valence-corrected chi connectivity index (χ0v) is 11.5. The van der Waals surface area contributed by atoms with E-state index in [9.17, 15) is 21.6 Å². The molecule has 0 aromatic heterocycles.